The summed E-state index contributed by atoms with van der Waals surface area (Å²) in [5.41, 5.74) is 5.42. The second kappa shape index (κ2) is 13.6. The minimum Gasteiger partial charge on any atom is -0.392 e. The fourth-order valence-electron chi connectivity index (χ4n) is 1.82. The Morgan fingerprint density at radius 2 is 1.27 bits per heavy atom. The molecule has 0 amide bonds. The minimum absolute atomic E-state index is 0.300. The van der Waals surface area contributed by atoms with E-state index in [2.05, 4.69) is 0 Å². The summed E-state index contributed by atoms with van der Waals surface area (Å²) in [6, 6.07) is 0. The van der Waals surface area contributed by atoms with Crippen LogP contribution in [0.5, 0.6) is 0 Å². The third-order valence-electron chi connectivity index (χ3n) is 2.51. The van der Waals surface area contributed by atoms with E-state index in [1.165, 1.54) is 0 Å². The van der Waals surface area contributed by atoms with Gasteiger partial charge in [0.05, 0.1) is 5.73 Å². The molecule has 0 saturated carbocycles. The zero-order valence-electron chi connectivity index (χ0n) is 14.6. The van der Waals surface area contributed by atoms with Crippen LogP contribution in [0.15, 0.2) is 0 Å². The van der Waals surface area contributed by atoms with Gasteiger partial charge < -0.3 is 32.3 Å². The molecule has 0 fully saturated rings. The van der Waals surface area contributed by atoms with Crippen LogP contribution >= 0.6 is 0 Å². The SMILES string of the molecule is CCO[Si](OCC)C(CCN)O[Si](OCC)(OCC)OCC. The molecule has 0 aliphatic carbocycles. The normalized spacial score (nSPS) is 13.8. The molecule has 9 heteroatoms. The van der Waals surface area contributed by atoms with Crippen LogP contribution in [0.3, 0.4) is 0 Å². The summed E-state index contributed by atoms with van der Waals surface area (Å²) < 4.78 is 34.8. The molecule has 0 aromatic rings. The van der Waals surface area contributed by atoms with Gasteiger partial charge >= 0.3 is 18.3 Å². The summed E-state index contributed by atoms with van der Waals surface area (Å²) in [5.74, 6) is 0. The molecular formula is C13H32NO6Si2. The summed E-state index contributed by atoms with van der Waals surface area (Å²) in [6.45, 7) is 12.5. The van der Waals surface area contributed by atoms with Crippen molar-refractivity contribution in [2.75, 3.05) is 39.6 Å². The molecule has 0 aliphatic heterocycles. The van der Waals surface area contributed by atoms with E-state index in [4.69, 9.17) is 32.3 Å². The molecular weight excluding hydrogens is 322 g/mol. The van der Waals surface area contributed by atoms with Crippen molar-refractivity contribution in [1.29, 1.82) is 0 Å². The first-order valence-electron chi connectivity index (χ1n) is 8.04. The first-order chi connectivity index (χ1) is 10.6. The van der Waals surface area contributed by atoms with Crippen LogP contribution in [0.1, 0.15) is 41.0 Å². The van der Waals surface area contributed by atoms with Gasteiger partial charge in [0.15, 0.2) is 0 Å². The van der Waals surface area contributed by atoms with Crippen molar-refractivity contribution in [3.05, 3.63) is 0 Å². The third kappa shape index (κ3) is 8.13. The van der Waals surface area contributed by atoms with Crippen LogP contribution in [0.2, 0.25) is 0 Å². The van der Waals surface area contributed by atoms with Crippen molar-refractivity contribution in [3.8, 4) is 0 Å². The Bertz CT molecular complexity index is 240. The highest BCUT2D eigenvalue weighted by Crippen LogP contribution is 2.18. The van der Waals surface area contributed by atoms with Gasteiger partial charge in [-0.2, -0.15) is 0 Å². The van der Waals surface area contributed by atoms with Crippen LogP contribution < -0.4 is 5.73 Å². The third-order valence-corrected chi connectivity index (χ3v) is 7.33. The maximum Gasteiger partial charge on any atom is 0.679 e. The molecule has 0 spiro atoms. The smallest absolute Gasteiger partial charge is 0.392 e. The van der Waals surface area contributed by atoms with Crippen LogP contribution in [-0.4, -0.2) is 63.6 Å². The number of nitrogens with two attached hydrogens (primary N) is 1. The monoisotopic (exact) mass is 354 g/mol. The van der Waals surface area contributed by atoms with Crippen molar-refractivity contribution in [1.82, 2.24) is 0 Å². The topological polar surface area (TPSA) is 81.4 Å². The maximum absolute atomic E-state index is 6.15. The van der Waals surface area contributed by atoms with Crippen molar-refractivity contribution >= 4 is 18.3 Å². The molecule has 0 saturated heterocycles. The summed E-state index contributed by atoms with van der Waals surface area (Å²) in [4.78, 5) is 0. The number of hydrogen-bond donors (Lipinski definition) is 1. The lowest BCUT2D eigenvalue weighted by Crippen LogP contribution is -2.55. The van der Waals surface area contributed by atoms with Crippen LogP contribution in [0.4, 0.5) is 0 Å². The van der Waals surface area contributed by atoms with E-state index in [0.29, 0.717) is 46.0 Å². The quantitative estimate of drug-likeness (QED) is 0.445. The van der Waals surface area contributed by atoms with Crippen molar-refractivity contribution in [2.45, 2.75) is 46.8 Å². The highest BCUT2D eigenvalue weighted by Gasteiger charge is 2.49. The highest BCUT2D eigenvalue weighted by molar-refractivity contribution is 6.55. The standard InChI is InChI=1S/C13H32NO6Si2/c1-6-15-21(16-7-2)13(11-12-14)20-22(17-8-3,18-9-4)19-10-5/h13H,6-12,14H2,1-5H3. The van der Waals surface area contributed by atoms with E-state index in [1.807, 2.05) is 34.6 Å². The van der Waals surface area contributed by atoms with E-state index in [9.17, 15) is 0 Å². The maximum atomic E-state index is 6.15. The molecule has 1 unspecified atom stereocenters. The molecule has 0 bridgehead atoms. The Morgan fingerprint density at radius 3 is 1.59 bits per heavy atom. The predicted molar refractivity (Wildman–Crippen MR) is 88.2 cm³/mol. The van der Waals surface area contributed by atoms with Gasteiger partial charge in [0.1, 0.15) is 0 Å². The second-order valence-corrected chi connectivity index (χ2v) is 8.13. The Hall–Kier alpha value is 0.154. The van der Waals surface area contributed by atoms with E-state index in [1.54, 1.807) is 0 Å². The fraction of sp³-hybridized carbons (Fsp3) is 1.00. The van der Waals surface area contributed by atoms with Gasteiger partial charge in [-0.05, 0) is 47.6 Å². The molecule has 22 heavy (non-hydrogen) atoms. The van der Waals surface area contributed by atoms with Gasteiger partial charge in [-0.1, -0.05) is 0 Å². The Labute approximate surface area is 137 Å². The minimum atomic E-state index is -3.21. The van der Waals surface area contributed by atoms with Gasteiger partial charge in [-0.25, -0.2) is 0 Å². The summed E-state index contributed by atoms with van der Waals surface area (Å²) in [6.07, 6.45) is 0.607. The molecule has 0 aliphatic rings. The van der Waals surface area contributed by atoms with Crippen LogP contribution in [0, 0.1) is 0 Å². The molecule has 0 heterocycles. The molecule has 0 aromatic carbocycles. The van der Waals surface area contributed by atoms with E-state index in [0.717, 1.165) is 0 Å². The molecule has 1 radical (unpaired) electrons. The van der Waals surface area contributed by atoms with Crippen molar-refractivity contribution in [2.24, 2.45) is 5.73 Å². The first kappa shape index (κ1) is 22.2. The zero-order chi connectivity index (χ0) is 16.8. The van der Waals surface area contributed by atoms with E-state index in [-0.39, 0.29) is 5.73 Å². The highest BCUT2D eigenvalue weighted by atomic mass is 28.4. The summed E-state index contributed by atoms with van der Waals surface area (Å²) in [7, 11) is -4.85. The average Bonchev–Trinajstić information content (AvgIpc) is 2.47. The van der Waals surface area contributed by atoms with Gasteiger partial charge in [0.2, 0.25) is 0 Å². The van der Waals surface area contributed by atoms with Crippen LogP contribution in [-0.2, 0) is 26.6 Å². The zero-order valence-corrected chi connectivity index (χ0v) is 16.6. The van der Waals surface area contributed by atoms with Gasteiger partial charge in [-0.15, -0.1) is 0 Å². The first-order valence-corrected chi connectivity index (χ1v) is 11.1. The van der Waals surface area contributed by atoms with E-state index >= 15 is 0 Å². The molecule has 1 atom stereocenters. The van der Waals surface area contributed by atoms with Gasteiger partial charge in [0.25, 0.3) is 0 Å². The van der Waals surface area contributed by atoms with Gasteiger partial charge in [0, 0.05) is 33.0 Å². The number of hydrogen-bond acceptors (Lipinski definition) is 7. The average molecular weight is 355 g/mol. The molecule has 7 nitrogen and oxygen atoms in total. The largest absolute Gasteiger partial charge is 0.679 e. The predicted octanol–water partition coefficient (Wildman–Crippen LogP) is 1.37. The lowest BCUT2D eigenvalue weighted by atomic mass is 10.5. The Balaban J connectivity index is 5.14. The Kier molecular flexibility index (Phi) is 13.7. The van der Waals surface area contributed by atoms with E-state index < -0.39 is 18.3 Å². The summed E-state index contributed by atoms with van der Waals surface area (Å²) >= 11 is 0. The van der Waals surface area contributed by atoms with Gasteiger partial charge in [-0.3, -0.25) is 0 Å². The summed E-state index contributed by atoms with van der Waals surface area (Å²) in [5, 5.41) is 0. The number of rotatable bonds is 15. The lowest BCUT2D eigenvalue weighted by Gasteiger charge is -2.32. The fourth-order valence-corrected chi connectivity index (χ4v) is 6.05. The van der Waals surface area contributed by atoms with Crippen LogP contribution in [0.25, 0.3) is 0 Å². The van der Waals surface area contributed by atoms with Crippen molar-refractivity contribution < 1.29 is 26.6 Å². The molecule has 0 rings (SSSR count). The van der Waals surface area contributed by atoms with Crippen molar-refractivity contribution in [3.63, 3.8) is 0 Å². The molecule has 0 aromatic heterocycles. The molecule has 2 N–H and O–H groups in total. The lowest BCUT2D eigenvalue weighted by molar-refractivity contribution is -0.0440. The molecule has 133 valence electrons. The Morgan fingerprint density at radius 1 is 0.818 bits per heavy atom. The second-order valence-electron chi connectivity index (χ2n) is 4.17.